The Morgan fingerprint density at radius 3 is 2.68 bits per heavy atom. The van der Waals surface area contributed by atoms with Crippen LogP contribution in [0, 0.1) is 0 Å². The molecule has 0 saturated carbocycles. The van der Waals surface area contributed by atoms with Crippen molar-refractivity contribution in [3.63, 3.8) is 0 Å². The van der Waals surface area contributed by atoms with Gasteiger partial charge < -0.3 is 15.0 Å². The number of ether oxygens (including phenoxy) is 1. The van der Waals surface area contributed by atoms with Crippen molar-refractivity contribution in [1.82, 2.24) is 25.2 Å². The van der Waals surface area contributed by atoms with E-state index in [1.807, 2.05) is 36.4 Å². The fourth-order valence-electron chi connectivity index (χ4n) is 3.71. The molecule has 4 rings (SSSR count). The maximum Gasteiger partial charge on any atom is 0.408 e. The van der Waals surface area contributed by atoms with E-state index < -0.39 is 18.2 Å². The molecule has 0 aliphatic carbocycles. The molecule has 1 saturated heterocycles. The monoisotopic (exact) mass is 421 g/mol. The molecule has 0 bridgehead atoms. The number of fused-ring (bicyclic) bond motifs is 1. The lowest BCUT2D eigenvalue weighted by atomic mass is 10.2. The molecule has 31 heavy (non-hydrogen) atoms. The molecule has 0 spiro atoms. The van der Waals surface area contributed by atoms with Gasteiger partial charge in [0.1, 0.15) is 24.2 Å². The van der Waals surface area contributed by atoms with Gasteiger partial charge in [-0.3, -0.25) is 9.59 Å². The zero-order chi connectivity index (χ0) is 21.8. The van der Waals surface area contributed by atoms with Gasteiger partial charge in [0.2, 0.25) is 5.91 Å². The van der Waals surface area contributed by atoms with Crippen LogP contribution >= 0.6 is 0 Å². The Bertz CT molecular complexity index is 1100. The Morgan fingerprint density at radius 2 is 1.87 bits per heavy atom. The SMILES string of the molecule is C[C@H](NC(=O)OCc1ccccc1)C(=O)N1CCC[C@H]1C(=O)n1nnc2ccccc21. The molecule has 1 aliphatic rings. The standard InChI is InChI=1S/C22H23N5O4/c1-15(23-22(30)31-14-16-8-3-2-4-9-16)20(28)26-13-7-12-19(26)21(29)27-18-11-6-5-10-17(18)24-25-27/h2-6,8-11,15,19H,7,12-14H2,1H3,(H,23,30)/t15-,19-/m0/s1. The molecule has 0 unspecified atom stereocenters. The number of carbonyl (C=O) groups is 3. The number of aromatic nitrogens is 3. The fraction of sp³-hybridized carbons (Fsp3) is 0.318. The van der Waals surface area contributed by atoms with E-state index >= 15 is 0 Å². The highest BCUT2D eigenvalue weighted by Crippen LogP contribution is 2.21. The average molecular weight is 421 g/mol. The number of carbonyl (C=O) groups excluding carboxylic acids is 3. The van der Waals surface area contributed by atoms with Crippen LogP contribution in [0.15, 0.2) is 54.6 Å². The highest BCUT2D eigenvalue weighted by molar-refractivity contribution is 5.96. The third-order valence-electron chi connectivity index (χ3n) is 5.30. The molecule has 2 aromatic carbocycles. The summed E-state index contributed by atoms with van der Waals surface area (Å²) in [6.07, 6.45) is 0.540. The summed E-state index contributed by atoms with van der Waals surface area (Å²) in [7, 11) is 0. The molecule has 1 N–H and O–H groups in total. The van der Waals surface area contributed by atoms with Crippen LogP contribution < -0.4 is 5.32 Å². The Balaban J connectivity index is 1.39. The summed E-state index contributed by atoms with van der Waals surface area (Å²) < 4.78 is 6.43. The molecule has 1 aromatic heterocycles. The summed E-state index contributed by atoms with van der Waals surface area (Å²) in [4.78, 5) is 39.7. The number of alkyl carbamates (subject to hydrolysis) is 1. The molecule has 1 fully saturated rings. The number of amides is 2. The van der Waals surface area contributed by atoms with E-state index in [9.17, 15) is 14.4 Å². The van der Waals surface area contributed by atoms with Crippen molar-refractivity contribution in [1.29, 1.82) is 0 Å². The average Bonchev–Trinajstić information content (AvgIpc) is 3.45. The highest BCUT2D eigenvalue weighted by atomic mass is 16.5. The largest absolute Gasteiger partial charge is 0.445 e. The van der Waals surface area contributed by atoms with Crippen molar-refractivity contribution in [2.24, 2.45) is 0 Å². The van der Waals surface area contributed by atoms with Crippen molar-refractivity contribution in [3.05, 3.63) is 60.2 Å². The van der Waals surface area contributed by atoms with Gasteiger partial charge in [0, 0.05) is 6.54 Å². The summed E-state index contributed by atoms with van der Waals surface area (Å²) in [5.74, 6) is -0.643. The smallest absolute Gasteiger partial charge is 0.408 e. The van der Waals surface area contributed by atoms with Crippen molar-refractivity contribution >= 4 is 28.9 Å². The minimum absolute atomic E-state index is 0.109. The molecule has 160 valence electrons. The first-order valence-electron chi connectivity index (χ1n) is 10.2. The Morgan fingerprint density at radius 1 is 1.13 bits per heavy atom. The molecule has 2 heterocycles. The lowest BCUT2D eigenvalue weighted by Gasteiger charge is -2.26. The third-order valence-corrected chi connectivity index (χ3v) is 5.30. The van der Waals surface area contributed by atoms with Gasteiger partial charge in [-0.15, -0.1) is 5.10 Å². The summed E-state index contributed by atoms with van der Waals surface area (Å²) >= 11 is 0. The van der Waals surface area contributed by atoms with Gasteiger partial charge in [0.15, 0.2) is 0 Å². The molecule has 1 aliphatic heterocycles. The van der Waals surface area contributed by atoms with Gasteiger partial charge in [-0.1, -0.05) is 47.7 Å². The van der Waals surface area contributed by atoms with Gasteiger partial charge in [0.05, 0.1) is 5.52 Å². The van der Waals surface area contributed by atoms with Crippen molar-refractivity contribution < 1.29 is 19.1 Å². The van der Waals surface area contributed by atoms with E-state index in [2.05, 4.69) is 15.6 Å². The van der Waals surface area contributed by atoms with Crippen LogP contribution in [0.2, 0.25) is 0 Å². The lowest BCUT2D eigenvalue weighted by molar-refractivity contribution is -0.133. The first kappa shape index (κ1) is 20.5. The summed E-state index contributed by atoms with van der Waals surface area (Å²) in [6.45, 7) is 2.13. The Kier molecular flexibility index (Phi) is 5.92. The minimum atomic E-state index is -0.829. The zero-order valence-electron chi connectivity index (χ0n) is 17.1. The predicted molar refractivity (Wildman–Crippen MR) is 112 cm³/mol. The molecular weight excluding hydrogens is 398 g/mol. The molecular formula is C22H23N5O4. The second-order valence-electron chi connectivity index (χ2n) is 7.45. The van der Waals surface area contributed by atoms with Crippen LogP contribution in [-0.2, 0) is 16.1 Å². The first-order valence-corrected chi connectivity index (χ1v) is 10.2. The number of nitrogens with zero attached hydrogens (tertiary/aromatic N) is 4. The van der Waals surface area contributed by atoms with Gasteiger partial charge >= 0.3 is 6.09 Å². The van der Waals surface area contributed by atoms with Gasteiger partial charge in [-0.25, -0.2) is 4.79 Å². The van der Waals surface area contributed by atoms with Crippen molar-refractivity contribution in [2.45, 2.75) is 38.5 Å². The van der Waals surface area contributed by atoms with Crippen LogP contribution in [0.4, 0.5) is 4.79 Å². The number of benzene rings is 2. The number of hydrogen-bond acceptors (Lipinski definition) is 6. The van der Waals surface area contributed by atoms with Crippen LogP contribution in [0.25, 0.3) is 11.0 Å². The number of para-hydroxylation sites is 1. The first-order chi connectivity index (χ1) is 15.0. The second kappa shape index (κ2) is 8.95. The summed E-state index contributed by atoms with van der Waals surface area (Å²) in [6, 6.07) is 15.0. The highest BCUT2D eigenvalue weighted by Gasteiger charge is 2.38. The zero-order valence-corrected chi connectivity index (χ0v) is 17.1. The summed E-state index contributed by atoms with van der Waals surface area (Å²) in [5.41, 5.74) is 2.06. The second-order valence-corrected chi connectivity index (χ2v) is 7.45. The van der Waals surface area contributed by atoms with Gasteiger partial charge in [-0.05, 0) is 37.5 Å². The van der Waals surface area contributed by atoms with Crippen LogP contribution in [0.3, 0.4) is 0 Å². The number of likely N-dealkylation sites (tertiary alicyclic amines) is 1. The summed E-state index contributed by atoms with van der Waals surface area (Å²) in [5, 5.41) is 10.5. The molecule has 9 nitrogen and oxygen atoms in total. The normalized spacial score (nSPS) is 16.8. The molecule has 0 radical (unpaired) electrons. The van der Waals surface area contributed by atoms with Gasteiger partial charge in [0.25, 0.3) is 5.91 Å². The maximum absolute atomic E-state index is 13.1. The Labute approximate surface area is 179 Å². The topological polar surface area (TPSA) is 106 Å². The molecule has 9 heteroatoms. The Hall–Kier alpha value is -3.75. The minimum Gasteiger partial charge on any atom is -0.445 e. The maximum atomic E-state index is 13.1. The van der Waals surface area contributed by atoms with E-state index in [0.29, 0.717) is 30.4 Å². The predicted octanol–water partition coefficient (Wildman–Crippen LogP) is 2.38. The van der Waals surface area contributed by atoms with E-state index in [1.54, 1.807) is 25.1 Å². The van der Waals surface area contributed by atoms with Crippen LogP contribution in [-0.4, -0.2) is 56.4 Å². The third kappa shape index (κ3) is 4.40. The number of rotatable bonds is 5. The van der Waals surface area contributed by atoms with E-state index in [4.69, 9.17) is 4.74 Å². The van der Waals surface area contributed by atoms with E-state index in [0.717, 1.165) is 5.56 Å². The van der Waals surface area contributed by atoms with E-state index in [-0.39, 0.29) is 18.4 Å². The molecule has 2 atom stereocenters. The van der Waals surface area contributed by atoms with Gasteiger partial charge in [-0.2, -0.15) is 4.68 Å². The number of nitrogens with one attached hydrogen (secondary N) is 1. The van der Waals surface area contributed by atoms with Crippen molar-refractivity contribution in [2.75, 3.05) is 6.54 Å². The lowest BCUT2D eigenvalue weighted by Crippen LogP contribution is -2.51. The van der Waals surface area contributed by atoms with Crippen LogP contribution in [0.5, 0.6) is 0 Å². The van der Waals surface area contributed by atoms with E-state index in [1.165, 1.54) is 9.58 Å². The van der Waals surface area contributed by atoms with Crippen molar-refractivity contribution in [3.8, 4) is 0 Å². The quantitative estimate of drug-likeness (QED) is 0.678. The number of hydrogen-bond donors (Lipinski definition) is 1. The molecule has 3 aromatic rings. The molecule has 2 amide bonds. The van der Waals surface area contributed by atoms with Crippen LogP contribution in [0.1, 0.15) is 30.1 Å². The fourth-order valence-corrected chi connectivity index (χ4v) is 3.71.